The van der Waals surface area contributed by atoms with E-state index in [1.807, 2.05) is 24.3 Å². The van der Waals surface area contributed by atoms with Crippen molar-refractivity contribution in [2.45, 2.75) is 13.0 Å². The molecule has 0 radical (unpaired) electrons. The molecule has 0 N–H and O–H groups in total. The Kier molecular flexibility index (Phi) is 3.02. The zero-order chi connectivity index (χ0) is 13.1. The second kappa shape index (κ2) is 4.97. The van der Waals surface area contributed by atoms with E-state index in [4.69, 9.17) is 0 Å². The molecule has 19 heavy (non-hydrogen) atoms. The first-order valence-corrected chi connectivity index (χ1v) is 6.06. The molecule has 0 amide bonds. The molecule has 3 rings (SSSR count). The third kappa shape index (κ3) is 2.35. The van der Waals surface area contributed by atoms with E-state index in [1.54, 1.807) is 24.5 Å². The lowest BCUT2D eigenvalue weighted by molar-refractivity contribution is 0.549. The summed E-state index contributed by atoms with van der Waals surface area (Å²) >= 11 is 0. The maximum absolute atomic E-state index is 12.2. The minimum absolute atomic E-state index is 0.0975. The first kappa shape index (κ1) is 11.5. The quantitative estimate of drug-likeness (QED) is 0.707. The van der Waals surface area contributed by atoms with Gasteiger partial charge in [0, 0.05) is 12.4 Å². The van der Waals surface area contributed by atoms with E-state index in [1.165, 1.54) is 4.68 Å². The molecule has 0 atom stereocenters. The minimum Gasteiger partial charge on any atom is -0.267 e. The molecule has 2 heterocycles. The van der Waals surface area contributed by atoms with E-state index in [9.17, 15) is 4.79 Å². The lowest BCUT2D eigenvalue weighted by Gasteiger charge is -2.04. The van der Waals surface area contributed by atoms with Crippen LogP contribution in [0.5, 0.6) is 0 Å². The Balaban J connectivity index is 1.90. The monoisotopic (exact) mass is 252 g/mol. The fraction of sp³-hybridized carbons (Fsp3) is 0.143. The zero-order valence-electron chi connectivity index (χ0n) is 10.2. The molecule has 94 valence electrons. The van der Waals surface area contributed by atoms with E-state index < -0.39 is 0 Å². The summed E-state index contributed by atoms with van der Waals surface area (Å²) in [5.41, 5.74) is 1.66. The Morgan fingerprint density at radius 1 is 1.05 bits per heavy atom. The number of rotatable bonds is 3. The van der Waals surface area contributed by atoms with E-state index in [0.29, 0.717) is 17.4 Å². The van der Waals surface area contributed by atoms with Crippen molar-refractivity contribution in [3.05, 3.63) is 64.7 Å². The Morgan fingerprint density at radius 2 is 1.84 bits per heavy atom. The topological polar surface area (TPSA) is 60.7 Å². The molecule has 0 spiro atoms. The molecule has 1 aromatic carbocycles. The molecule has 0 fully saturated rings. The molecule has 2 aromatic heterocycles. The van der Waals surface area contributed by atoms with Crippen LogP contribution in [-0.4, -0.2) is 20.0 Å². The highest BCUT2D eigenvalue weighted by atomic mass is 16.1. The van der Waals surface area contributed by atoms with Crippen molar-refractivity contribution in [1.29, 1.82) is 0 Å². The maximum Gasteiger partial charge on any atom is 0.277 e. The third-order valence-corrected chi connectivity index (χ3v) is 2.99. The van der Waals surface area contributed by atoms with Gasteiger partial charge in [0.05, 0.1) is 11.9 Å². The summed E-state index contributed by atoms with van der Waals surface area (Å²) in [6.45, 7) is 0.515. The van der Waals surface area contributed by atoms with Crippen molar-refractivity contribution in [2.75, 3.05) is 0 Å². The van der Waals surface area contributed by atoms with Gasteiger partial charge >= 0.3 is 0 Å². The Morgan fingerprint density at radius 3 is 2.68 bits per heavy atom. The first-order chi connectivity index (χ1) is 9.34. The van der Waals surface area contributed by atoms with Crippen molar-refractivity contribution >= 4 is 10.9 Å². The lowest BCUT2D eigenvalue weighted by Crippen LogP contribution is -2.25. The van der Waals surface area contributed by atoms with Gasteiger partial charge < -0.3 is 0 Å². The van der Waals surface area contributed by atoms with Crippen LogP contribution in [0.2, 0.25) is 0 Å². The molecule has 0 aliphatic heterocycles. The van der Waals surface area contributed by atoms with Crippen molar-refractivity contribution in [3.63, 3.8) is 0 Å². The predicted molar refractivity (Wildman–Crippen MR) is 71.7 cm³/mol. The van der Waals surface area contributed by atoms with Crippen LogP contribution in [0.4, 0.5) is 0 Å². The number of hydrogen-bond donors (Lipinski definition) is 0. The van der Waals surface area contributed by atoms with Gasteiger partial charge in [0.15, 0.2) is 0 Å². The minimum atomic E-state index is -0.0975. The second-order valence-corrected chi connectivity index (χ2v) is 4.24. The molecule has 0 bridgehead atoms. The van der Waals surface area contributed by atoms with Crippen LogP contribution in [0.25, 0.3) is 10.9 Å². The third-order valence-electron chi connectivity index (χ3n) is 2.99. The average molecular weight is 252 g/mol. The van der Waals surface area contributed by atoms with Gasteiger partial charge in [-0.15, -0.1) is 5.10 Å². The van der Waals surface area contributed by atoms with E-state index >= 15 is 0 Å². The van der Waals surface area contributed by atoms with E-state index in [0.717, 1.165) is 12.0 Å². The van der Waals surface area contributed by atoms with Gasteiger partial charge in [0.2, 0.25) is 0 Å². The number of pyridine rings is 1. The molecule has 0 aliphatic carbocycles. The van der Waals surface area contributed by atoms with Crippen molar-refractivity contribution in [1.82, 2.24) is 20.0 Å². The van der Waals surface area contributed by atoms with E-state index in [2.05, 4.69) is 15.3 Å². The highest BCUT2D eigenvalue weighted by Crippen LogP contribution is 2.04. The molecule has 3 aromatic rings. The van der Waals surface area contributed by atoms with Gasteiger partial charge in [-0.25, -0.2) is 4.68 Å². The summed E-state index contributed by atoms with van der Waals surface area (Å²) in [7, 11) is 0. The number of nitrogens with zero attached hydrogens (tertiary/aromatic N) is 4. The molecule has 0 aliphatic rings. The molecular weight excluding hydrogens is 240 g/mol. The van der Waals surface area contributed by atoms with Gasteiger partial charge in [-0.2, -0.15) is 0 Å². The Labute approximate surface area is 109 Å². The van der Waals surface area contributed by atoms with Gasteiger partial charge in [-0.05, 0) is 36.2 Å². The van der Waals surface area contributed by atoms with Crippen LogP contribution >= 0.6 is 0 Å². The number of hydrogen-bond acceptors (Lipinski definition) is 4. The number of aromatic nitrogens is 4. The lowest BCUT2D eigenvalue weighted by atomic mass is 10.2. The average Bonchev–Trinajstić information content (AvgIpc) is 2.48. The molecule has 0 saturated carbocycles. The Bertz CT molecular complexity index is 752. The van der Waals surface area contributed by atoms with Gasteiger partial charge in [-0.1, -0.05) is 17.3 Å². The fourth-order valence-electron chi connectivity index (χ4n) is 1.95. The van der Waals surface area contributed by atoms with Crippen molar-refractivity contribution in [2.24, 2.45) is 0 Å². The fourth-order valence-corrected chi connectivity index (χ4v) is 1.95. The summed E-state index contributed by atoms with van der Waals surface area (Å²) < 4.78 is 1.41. The molecule has 5 nitrogen and oxygen atoms in total. The molecule has 5 heteroatoms. The Hall–Kier alpha value is -2.56. The highest BCUT2D eigenvalue weighted by Gasteiger charge is 2.04. The van der Waals surface area contributed by atoms with Crippen LogP contribution in [0.3, 0.4) is 0 Å². The van der Waals surface area contributed by atoms with Crippen LogP contribution in [0.1, 0.15) is 5.56 Å². The second-order valence-electron chi connectivity index (χ2n) is 4.24. The van der Waals surface area contributed by atoms with Crippen molar-refractivity contribution < 1.29 is 0 Å². The largest absolute Gasteiger partial charge is 0.277 e. The first-order valence-electron chi connectivity index (χ1n) is 6.06. The van der Waals surface area contributed by atoms with Crippen LogP contribution in [0.15, 0.2) is 53.6 Å². The molecular formula is C14H12N4O. The number of aryl methyl sites for hydroxylation is 2. The summed E-state index contributed by atoms with van der Waals surface area (Å²) in [5, 5.41) is 8.62. The molecule has 0 saturated heterocycles. The molecule has 0 unspecified atom stereocenters. The van der Waals surface area contributed by atoms with Crippen LogP contribution < -0.4 is 5.56 Å². The summed E-state index contributed by atoms with van der Waals surface area (Å²) in [6.07, 6.45) is 4.21. The summed E-state index contributed by atoms with van der Waals surface area (Å²) in [4.78, 5) is 16.2. The zero-order valence-corrected chi connectivity index (χ0v) is 10.2. The predicted octanol–water partition coefficient (Wildman–Crippen LogP) is 1.43. The number of benzene rings is 1. The summed E-state index contributed by atoms with van der Waals surface area (Å²) in [5.74, 6) is 0. The smallest absolute Gasteiger partial charge is 0.267 e. The highest BCUT2D eigenvalue weighted by molar-refractivity contribution is 5.76. The maximum atomic E-state index is 12.2. The van der Waals surface area contributed by atoms with Gasteiger partial charge in [-0.3, -0.25) is 9.78 Å². The number of fused-ring (bicyclic) bond motifs is 1. The normalized spacial score (nSPS) is 10.7. The van der Waals surface area contributed by atoms with Gasteiger partial charge in [0.1, 0.15) is 5.52 Å². The van der Waals surface area contributed by atoms with Crippen molar-refractivity contribution in [3.8, 4) is 0 Å². The van der Waals surface area contributed by atoms with Gasteiger partial charge in [0.25, 0.3) is 5.56 Å². The standard InChI is InChI=1S/C14H12N4O/c19-14-12-3-1-2-4-13(12)16-17-18(14)10-7-11-5-8-15-9-6-11/h1-6,8-9H,7,10H2. The summed E-state index contributed by atoms with van der Waals surface area (Å²) in [6, 6.07) is 11.1. The van der Waals surface area contributed by atoms with Crippen LogP contribution in [0, 0.1) is 0 Å². The SMILES string of the molecule is O=c1c2ccccc2nnn1CCc1ccncc1. The van der Waals surface area contributed by atoms with Crippen LogP contribution in [-0.2, 0) is 13.0 Å². The van der Waals surface area contributed by atoms with E-state index in [-0.39, 0.29) is 5.56 Å².